The van der Waals surface area contributed by atoms with Gasteiger partial charge in [0.2, 0.25) is 0 Å². The number of aromatic nitrogens is 1. The molecule has 304 valence electrons. The normalized spacial score (nSPS) is 19.2. The molecule has 0 unspecified atom stereocenters. The lowest BCUT2D eigenvalue weighted by Gasteiger charge is -2.26. The Kier molecular flexibility index (Phi) is 11.4. The number of hydrogen-bond donors (Lipinski definition) is 1. The zero-order valence-corrected chi connectivity index (χ0v) is 33.7. The fraction of sp³-hybridized carbons (Fsp3) is 0.326. The number of rotatable bonds is 10. The third kappa shape index (κ3) is 8.80. The zero-order chi connectivity index (χ0) is 41.2. The maximum atomic E-state index is 13.6. The summed E-state index contributed by atoms with van der Waals surface area (Å²) in [5.41, 5.74) is 3.21. The predicted molar refractivity (Wildman–Crippen MR) is 219 cm³/mol. The van der Waals surface area contributed by atoms with Gasteiger partial charge in [0.25, 0.3) is 0 Å². The van der Waals surface area contributed by atoms with Gasteiger partial charge >= 0.3 is 23.9 Å². The number of nitrogens with zero attached hydrogens (tertiary/aromatic N) is 1. The van der Waals surface area contributed by atoms with Gasteiger partial charge in [0.1, 0.15) is 38.8 Å². The molecule has 0 amide bonds. The van der Waals surface area contributed by atoms with E-state index in [1.807, 2.05) is 26.0 Å². The van der Waals surface area contributed by atoms with Gasteiger partial charge in [0.05, 0.1) is 30.8 Å². The average Bonchev–Trinajstić information content (AvgIpc) is 3.89. The molecule has 13 heteroatoms. The highest BCUT2D eigenvalue weighted by Gasteiger charge is 2.35. The molecule has 2 aliphatic rings. The first-order valence-electron chi connectivity index (χ1n) is 19.8. The molecule has 2 fully saturated rings. The summed E-state index contributed by atoms with van der Waals surface area (Å²) in [6.07, 6.45) is 3.68. The first-order valence-corrected chi connectivity index (χ1v) is 20.6. The van der Waals surface area contributed by atoms with E-state index in [2.05, 4.69) is 6.07 Å². The van der Waals surface area contributed by atoms with Crippen LogP contribution >= 0.6 is 11.3 Å². The van der Waals surface area contributed by atoms with Crippen molar-refractivity contribution in [2.24, 2.45) is 23.7 Å². The summed E-state index contributed by atoms with van der Waals surface area (Å²) in [5.74, 6) is -0.568. The molecule has 2 aliphatic carbocycles. The van der Waals surface area contributed by atoms with Crippen LogP contribution in [0.3, 0.4) is 0 Å². The van der Waals surface area contributed by atoms with Gasteiger partial charge in [-0.05, 0) is 149 Å². The van der Waals surface area contributed by atoms with Crippen molar-refractivity contribution < 1.29 is 52.4 Å². The average molecular weight is 818 g/mol. The fourth-order valence-corrected chi connectivity index (χ4v) is 8.88. The van der Waals surface area contributed by atoms with E-state index in [0.717, 1.165) is 22.1 Å². The van der Waals surface area contributed by atoms with Crippen LogP contribution in [0.25, 0.3) is 32.0 Å². The molecule has 1 N–H and O–H groups in total. The number of ether oxygens (including phenoxy) is 5. The molecule has 0 spiro atoms. The molecule has 0 saturated heterocycles. The predicted octanol–water partition coefficient (Wildman–Crippen LogP) is 9.68. The highest BCUT2D eigenvalue weighted by atomic mass is 32.1. The van der Waals surface area contributed by atoms with Crippen molar-refractivity contribution in [1.82, 2.24) is 4.98 Å². The van der Waals surface area contributed by atoms with Gasteiger partial charge in [0.15, 0.2) is 22.3 Å². The van der Waals surface area contributed by atoms with Gasteiger partial charge in [-0.1, -0.05) is 6.07 Å². The van der Waals surface area contributed by atoms with E-state index in [0.29, 0.717) is 89.6 Å². The number of benzene rings is 4. The number of carbonyl (C=O) groups excluding carboxylic acids is 4. The number of esters is 4. The Hall–Kier alpha value is -6.21. The molecule has 0 atom stereocenters. The van der Waals surface area contributed by atoms with Crippen LogP contribution in [0.5, 0.6) is 34.5 Å². The Morgan fingerprint density at radius 1 is 0.627 bits per heavy atom. The Morgan fingerprint density at radius 2 is 1.10 bits per heavy atom. The summed E-state index contributed by atoms with van der Waals surface area (Å²) in [6.45, 7) is 4.02. The second-order valence-corrected chi connectivity index (χ2v) is 16.3. The smallest absolute Gasteiger partial charge is 0.314 e. The lowest BCUT2D eigenvalue weighted by molar-refractivity contribution is -0.145. The van der Waals surface area contributed by atoms with Crippen molar-refractivity contribution in [3.63, 3.8) is 0 Å². The molecule has 12 nitrogen and oxygen atoms in total. The van der Waals surface area contributed by atoms with Gasteiger partial charge in [-0.25, -0.2) is 4.98 Å². The number of carbonyl (C=O) groups is 4. The number of furan rings is 1. The number of aryl methyl sites for hydroxylation is 2. The summed E-state index contributed by atoms with van der Waals surface area (Å²) in [7, 11) is 1.57. The number of thiazole rings is 1. The number of phenolic OH excluding ortho intramolecular Hbond substituents is 1. The molecule has 4 aromatic carbocycles. The van der Waals surface area contributed by atoms with Crippen molar-refractivity contribution in [3.05, 3.63) is 90.0 Å². The van der Waals surface area contributed by atoms with Crippen molar-refractivity contribution in [3.8, 4) is 45.3 Å². The molecule has 8 rings (SSSR count). The molecule has 2 saturated carbocycles. The van der Waals surface area contributed by atoms with E-state index in [4.69, 9.17) is 33.1 Å². The van der Waals surface area contributed by atoms with Crippen molar-refractivity contribution >= 4 is 56.4 Å². The third-order valence-electron chi connectivity index (χ3n) is 11.2. The van der Waals surface area contributed by atoms with Crippen molar-refractivity contribution in [2.75, 3.05) is 7.11 Å². The molecule has 2 aromatic heterocycles. The number of methoxy groups -OCH3 is 1. The molecular weight excluding hydrogens is 775 g/mol. The highest BCUT2D eigenvalue weighted by molar-refractivity contribution is 7.22. The summed E-state index contributed by atoms with van der Waals surface area (Å²) >= 11 is 1.27. The molecule has 59 heavy (non-hydrogen) atoms. The highest BCUT2D eigenvalue weighted by Crippen LogP contribution is 2.43. The summed E-state index contributed by atoms with van der Waals surface area (Å²) < 4.78 is 35.1. The second kappa shape index (κ2) is 16.9. The largest absolute Gasteiger partial charge is 0.508 e. The Balaban J connectivity index is 0.967. The SMILES string of the molecule is COc1ccc(OC(=O)C2CCC(C(=O)Oc3ccc(OC(=O)C4CCC(C(=O)Oc5ccc(O)cc5)CC4)c4nc(-c5cc6c(C)cc(C)cc6o5)sc34)CC2)cc1. The first-order chi connectivity index (χ1) is 28.5. The van der Waals surface area contributed by atoms with Crippen molar-refractivity contribution in [2.45, 2.75) is 65.2 Å². The Bertz CT molecular complexity index is 2520. The van der Waals surface area contributed by atoms with E-state index in [1.54, 1.807) is 43.5 Å². The van der Waals surface area contributed by atoms with Gasteiger partial charge in [-0.15, -0.1) is 11.3 Å². The van der Waals surface area contributed by atoms with E-state index < -0.39 is 23.8 Å². The Morgan fingerprint density at radius 3 is 1.64 bits per heavy atom. The van der Waals surface area contributed by atoms with Gasteiger partial charge in [0, 0.05) is 5.39 Å². The lowest BCUT2D eigenvalue weighted by atomic mass is 9.82. The van der Waals surface area contributed by atoms with Gasteiger partial charge in [-0.2, -0.15) is 0 Å². The zero-order valence-electron chi connectivity index (χ0n) is 32.9. The first kappa shape index (κ1) is 39.6. The number of phenols is 1. The minimum atomic E-state index is -0.441. The number of hydrogen-bond acceptors (Lipinski definition) is 13. The van der Waals surface area contributed by atoms with Gasteiger partial charge < -0.3 is 33.2 Å². The fourth-order valence-electron chi connectivity index (χ4n) is 7.89. The van der Waals surface area contributed by atoms with E-state index in [1.165, 1.54) is 35.6 Å². The minimum Gasteiger partial charge on any atom is -0.508 e. The van der Waals surface area contributed by atoms with Crippen LogP contribution in [0, 0.1) is 37.5 Å². The second-order valence-electron chi connectivity index (χ2n) is 15.3. The van der Waals surface area contributed by atoms with Gasteiger partial charge in [-0.3, -0.25) is 19.2 Å². The van der Waals surface area contributed by atoms with Crippen LogP contribution in [0.15, 0.2) is 83.3 Å². The quantitative estimate of drug-likeness (QED) is 0.103. The van der Waals surface area contributed by atoms with Crippen LogP contribution in [0.4, 0.5) is 0 Å². The lowest BCUT2D eigenvalue weighted by Crippen LogP contribution is -2.30. The standard InChI is InChI=1S/C46H43NO11S/c1-25-22-26(2)35-24-39(56-38(35)23-25)42-47-40-36(57-45(51)29-8-4-27(5-9-29)43(49)54-33-14-12-31(48)13-15-33)20-21-37(41(40)59-42)58-46(52)30-10-6-28(7-11-30)44(50)55-34-18-16-32(53-3)17-19-34/h12-24,27-30,48H,4-11H2,1-3H3. The van der Waals surface area contributed by atoms with E-state index in [9.17, 15) is 24.3 Å². The molecule has 2 heterocycles. The monoisotopic (exact) mass is 817 g/mol. The maximum absolute atomic E-state index is 13.6. The summed E-state index contributed by atoms with van der Waals surface area (Å²) in [6, 6.07) is 22.0. The number of fused-ring (bicyclic) bond motifs is 2. The third-order valence-corrected chi connectivity index (χ3v) is 12.3. The number of aromatic hydroxyl groups is 1. The molecule has 0 aliphatic heterocycles. The molecular formula is C46H43NO11S. The van der Waals surface area contributed by atoms with E-state index in [-0.39, 0.29) is 41.0 Å². The van der Waals surface area contributed by atoms with E-state index >= 15 is 0 Å². The summed E-state index contributed by atoms with van der Waals surface area (Å²) in [5, 5.41) is 11.0. The van der Waals surface area contributed by atoms with Crippen LogP contribution in [0.1, 0.15) is 62.5 Å². The summed E-state index contributed by atoms with van der Waals surface area (Å²) in [4.78, 5) is 57.9. The minimum absolute atomic E-state index is 0.0758. The molecule has 0 bridgehead atoms. The topological polar surface area (TPSA) is 161 Å². The van der Waals surface area contributed by atoms with Crippen molar-refractivity contribution in [1.29, 1.82) is 0 Å². The maximum Gasteiger partial charge on any atom is 0.314 e. The van der Waals surface area contributed by atoms with Crippen LogP contribution in [-0.2, 0) is 19.2 Å². The molecule has 0 radical (unpaired) electrons. The van der Waals surface area contributed by atoms with Crippen LogP contribution in [-0.4, -0.2) is 41.1 Å². The van der Waals surface area contributed by atoms with Crippen LogP contribution < -0.4 is 23.7 Å². The Labute approximate surface area is 344 Å². The van der Waals surface area contributed by atoms with Crippen LogP contribution in [0.2, 0.25) is 0 Å². The molecule has 6 aromatic rings.